The van der Waals surface area contributed by atoms with Crippen LogP contribution in [0.2, 0.25) is 5.02 Å². The smallest absolute Gasteiger partial charge is 0.0561 e. The van der Waals surface area contributed by atoms with Crippen LogP contribution in [0, 0.1) is 23.2 Å². The molecule has 4 aliphatic carbocycles. The summed E-state index contributed by atoms with van der Waals surface area (Å²) in [5.41, 5.74) is 0.498. The van der Waals surface area contributed by atoms with Crippen LogP contribution in [-0.2, 0) is 0 Å². The summed E-state index contributed by atoms with van der Waals surface area (Å²) in [6.07, 6.45) is 8.81. The van der Waals surface area contributed by atoms with Gasteiger partial charge in [0.15, 0.2) is 0 Å². The second kappa shape index (κ2) is 4.47. The van der Waals surface area contributed by atoms with E-state index >= 15 is 0 Å². The molecule has 0 aromatic carbocycles. The minimum Gasteiger partial charge on any atom is -0.312 e. The largest absolute Gasteiger partial charge is 0.312 e. The van der Waals surface area contributed by atoms with Crippen molar-refractivity contribution < 1.29 is 0 Å². The van der Waals surface area contributed by atoms with Crippen molar-refractivity contribution in [1.82, 2.24) is 5.32 Å². The Kier molecular flexibility index (Phi) is 2.98. The van der Waals surface area contributed by atoms with Crippen LogP contribution < -0.4 is 5.32 Å². The average Bonchev–Trinajstić information content (AvgIpc) is 2.74. The summed E-state index contributed by atoms with van der Waals surface area (Å²) in [6.45, 7) is 0. The van der Waals surface area contributed by atoms with Crippen molar-refractivity contribution >= 4 is 22.9 Å². The Morgan fingerprint density at radius 2 is 1.79 bits per heavy atom. The highest BCUT2D eigenvalue weighted by Gasteiger charge is 2.54. The SMILES string of the molecule is CNC(c1sccc1Cl)C12CC3CC(CC(C3)C1)C2. The van der Waals surface area contributed by atoms with Crippen LogP contribution in [0.4, 0.5) is 0 Å². The van der Waals surface area contributed by atoms with Gasteiger partial charge in [0, 0.05) is 10.9 Å². The van der Waals surface area contributed by atoms with Gasteiger partial charge in [0.1, 0.15) is 0 Å². The highest BCUT2D eigenvalue weighted by molar-refractivity contribution is 7.10. The number of hydrogen-bond acceptors (Lipinski definition) is 2. The molecule has 1 atom stereocenters. The Hall–Kier alpha value is -0.0500. The molecule has 0 spiro atoms. The Balaban J connectivity index is 1.72. The molecule has 1 unspecified atom stereocenters. The normalized spacial score (nSPS) is 41.7. The lowest BCUT2D eigenvalue weighted by molar-refractivity contribution is -0.0729. The maximum atomic E-state index is 6.42. The van der Waals surface area contributed by atoms with Gasteiger partial charge in [-0.05, 0) is 80.2 Å². The third kappa shape index (κ3) is 1.91. The van der Waals surface area contributed by atoms with E-state index in [0.29, 0.717) is 11.5 Å². The molecule has 1 aromatic rings. The van der Waals surface area contributed by atoms with Crippen LogP contribution in [0.25, 0.3) is 0 Å². The molecule has 1 aromatic heterocycles. The highest BCUT2D eigenvalue weighted by Crippen LogP contribution is 2.64. The van der Waals surface area contributed by atoms with Crippen LogP contribution in [0.15, 0.2) is 11.4 Å². The zero-order valence-corrected chi connectivity index (χ0v) is 13.1. The van der Waals surface area contributed by atoms with Gasteiger partial charge in [-0.1, -0.05) is 11.6 Å². The zero-order chi connectivity index (χ0) is 13.0. The number of nitrogens with one attached hydrogen (secondary N) is 1. The summed E-state index contributed by atoms with van der Waals surface area (Å²) in [5.74, 6) is 3.00. The van der Waals surface area contributed by atoms with E-state index in [0.717, 1.165) is 22.8 Å². The van der Waals surface area contributed by atoms with Gasteiger partial charge in [-0.2, -0.15) is 0 Å². The van der Waals surface area contributed by atoms with Crippen molar-refractivity contribution in [3.8, 4) is 0 Å². The molecule has 0 saturated heterocycles. The fourth-order valence-corrected chi connectivity index (χ4v) is 7.17. The summed E-state index contributed by atoms with van der Waals surface area (Å²) < 4.78 is 0. The Morgan fingerprint density at radius 1 is 1.21 bits per heavy atom. The molecule has 104 valence electrons. The van der Waals surface area contributed by atoms with Crippen molar-refractivity contribution in [1.29, 1.82) is 0 Å². The van der Waals surface area contributed by atoms with E-state index in [1.165, 1.54) is 43.4 Å². The molecule has 1 nitrogen and oxygen atoms in total. The van der Waals surface area contributed by atoms with Gasteiger partial charge in [0.25, 0.3) is 0 Å². The van der Waals surface area contributed by atoms with E-state index in [1.807, 2.05) is 11.3 Å². The fourth-order valence-electron chi connectivity index (χ4n) is 5.76. The first-order chi connectivity index (χ1) is 9.20. The monoisotopic (exact) mass is 295 g/mol. The third-order valence-corrected chi connectivity index (χ3v) is 7.32. The molecule has 4 bridgehead atoms. The minimum absolute atomic E-state index is 0.480. The molecule has 1 N–H and O–H groups in total. The molecule has 1 heterocycles. The number of thiophene rings is 1. The molecule has 0 aliphatic heterocycles. The molecule has 0 radical (unpaired) electrons. The summed E-state index contributed by atoms with van der Waals surface area (Å²) in [5, 5.41) is 6.74. The second-order valence-corrected chi connectivity index (χ2v) is 8.49. The first-order valence-electron chi connectivity index (χ1n) is 7.60. The van der Waals surface area contributed by atoms with Crippen molar-refractivity contribution in [3.63, 3.8) is 0 Å². The molecular weight excluding hydrogens is 274 g/mol. The van der Waals surface area contributed by atoms with E-state index in [9.17, 15) is 0 Å². The lowest BCUT2D eigenvalue weighted by atomic mass is 9.47. The van der Waals surface area contributed by atoms with Crippen LogP contribution in [0.1, 0.15) is 49.4 Å². The third-order valence-electron chi connectivity index (χ3n) is 5.89. The molecule has 5 rings (SSSR count). The molecule has 4 fully saturated rings. The van der Waals surface area contributed by atoms with Gasteiger partial charge in [0.2, 0.25) is 0 Å². The topological polar surface area (TPSA) is 12.0 Å². The van der Waals surface area contributed by atoms with Crippen molar-refractivity contribution in [2.24, 2.45) is 23.2 Å². The molecule has 3 heteroatoms. The summed E-state index contributed by atoms with van der Waals surface area (Å²) in [6, 6.07) is 2.54. The number of halogens is 1. The van der Waals surface area contributed by atoms with Crippen LogP contribution in [0.3, 0.4) is 0 Å². The van der Waals surface area contributed by atoms with Crippen molar-refractivity contribution in [3.05, 3.63) is 21.3 Å². The molecular formula is C16H22ClNS. The van der Waals surface area contributed by atoms with Crippen molar-refractivity contribution in [2.45, 2.75) is 44.6 Å². The lowest BCUT2D eigenvalue weighted by Gasteiger charge is -2.59. The van der Waals surface area contributed by atoms with E-state index in [4.69, 9.17) is 11.6 Å². The molecule has 0 amide bonds. The molecule has 4 saturated carbocycles. The predicted octanol–water partition coefficient (Wildman–Crippen LogP) is 4.88. The number of rotatable bonds is 3. The van der Waals surface area contributed by atoms with Gasteiger partial charge in [-0.25, -0.2) is 0 Å². The van der Waals surface area contributed by atoms with E-state index in [-0.39, 0.29) is 0 Å². The van der Waals surface area contributed by atoms with Gasteiger partial charge in [-0.15, -0.1) is 11.3 Å². The quantitative estimate of drug-likeness (QED) is 0.838. The molecule has 4 aliphatic rings. The standard InChI is InChI=1S/C16H22ClNS/c1-18-15(14-13(17)2-3-19-14)16-7-10-4-11(8-16)6-12(5-10)9-16/h2-3,10-12,15,18H,4-9H2,1H3. The van der Waals surface area contributed by atoms with Crippen LogP contribution in [0.5, 0.6) is 0 Å². The Labute approximate surface area is 124 Å². The van der Waals surface area contributed by atoms with Crippen LogP contribution >= 0.6 is 22.9 Å². The second-order valence-electron chi connectivity index (χ2n) is 7.13. The summed E-state index contributed by atoms with van der Waals surface area (Å²) in [7, 11) is 2.12. The Bertz CT molecular complexity index is 446. The predicted molar refractivity (Wildman–Crippen MR) is 81.7 cm³/mol. The van der Waals surface area contributed by atoms with E-state index in [2.05, 4.69) is 23.8 Å². The average molecular weight is 296 g/mol. The fraction of sp³-hybridized carbons (Fsp3) is 0.750. The Morgan fingerprint density at radius 3 is 2.21 bits per heavy atom. The number of hydrogen-bond donors (Lipinski definition) is 1. The first-order valence-corrected chi connectivity index (χ1v) is 8.86. The lowest BCUT2D eigenvalue weighted by Crippen LogP contribution is -2.51. The van der Waals surface area contributed by atoms with Gasteiger partial charge in [-0.3, -0.25) is 0 Å². The maximum Gasteiger partial charge on any atom is 0.0561 e. The molecule has 19 heavy (non-hydrogen) atoms. The highest BCUT2D eigenvalue weighted by atomic mass is 35.5. The van der Waals surface area contributed by atoms with E-state index < -0.39 is 0 Å². The minimum atomic E-state index is 0.480. The first kappa shape index (κ1) is 12.7. The maximum absolute atomic E-state index is 6.42. The summed E-state index contributed by atoms with van der Waals surface area (Å²) >= 11 is 8.26. The van der Waals surface area contributed by atoms with Crippen molar-refractivity contribution in [2.75, 3.05) is 7.05 Å². The zero-order valence-electron chi connectivity index (χ0n) is 11.5. The van der Waals surface area contributed by atoms with Crippen LogP contribution in [-0.4, -0.2) is 7.05 Å². The van der Waals surface area contributed by atoms with Gasteiger partial charge < -0.3 is 5.32 Å². The van der Waals surface area contributed by atoms with Gasteiger partial charge >= 0.3 is 0 Å². The van der Waals surface area contributed by atoms with E-state index in [1.54, 1.807) is 0 Å². The van der Waals surface area contributed by atoms with Gasteiger partial charge in [0.05, 0.1) is 5.02 Å². The summed E-state index contributed by atoms with van der Waals surface area (Å²) in [4.78, 5) is 1.38.